The third kappa shape index (κ3) is 3.65. The van der Waals surface area contributed by atoms with E-state index in [0.29, 0.717) is 32.5 Å². The van der Waals surface area contributed by atoms with E-state index in [9.17, 15) is 9.59 Å². The number of carbonyl (C=O) groups is 1. The fourth-order valence-corrected chi connectivity index (χ4v) is 3.72. The van der Waals surface area contributed by atoms with E-state index < -0.39 is 11.4 Å². The maximum Gasteiger partial charge on any atom is 0.353 e. The number of ether oxygens (including phenoxy) is 3. The van der Waals surface area contributed by atoms with Crippen molar-refractivity contribution in [2.75, 3.05) is 14.2 Å². The first-order valence-corrected chi connectivity index (χ1v) is 10.0. The third-order valence-electron chi connectivity index (χ3n) is 4.37. The first-order valence-electron chi connectivity index (χ1n) is 8.76. The molecule has 0 aliphatic carbocycles. The second-order valence-corrected chi connectivity index (χ2v) is 7.55. The third-order valence-corrected chi connectivity index (χ3v) is 5.46. The highest BCUT2D eigenvalue weighted by Gasteiger charge is 2.23. The quantitative estimate of drug-likeness (QED) is 0.384. The summed E-state index contributed by atoms with van der Waals surface area (Å²) in [6, 6.07) is 13.0. The summed E-state index contributed by atoms with van der Waals surface area (Å²) >= 11 is 7.25. The summed E-state index contributed by atoms with van der Waals surface area (Å²) in [6.45, 7) is 0. The van der Waals surface area contributed by atoms with Crippen LogP contribution < -0.4 is 19.6 Å². The van der Waals surface area contributed by atoms with Gasteiger partial charge >= 0.3 is 5.97 Å². The minimum atomic E-state index is -0.652. The van der Waals surface area contributed by atoms with E-state index in [1.165, 1.54) is 31.6 Å². The average Bonchev–Trinajstić information content (AvgIpc) is 3.30. The standard InChI is InChI=1S/C22H15ClO6S/c1-26-16-7-5-12(10-17(16)27-2)20-21(29-22(25)18-4-3-9-30-18)19(24)14-11-13(23)6-8-15(14)28-20/h3-11H,1-2H3. The molecule has 2 aromatic heterocycles. The Labute approximate surface area is 180 Å². The van der Waals surface area contributed by atoms with Gasteiger partial charge in [-0.2, -0.15) is 0 Å². The Hall–Kier alpha value is -3.29. The van der Waals surface area contributed by atoms with Crippen molar-refractivity contribution in [3.05, 3.63) is 74.0 Å². The predicted molar refractivity (Wildman–Crippen MR) is 115 cm³/mol. The van der Waals surface area contributed by atoms with Gasteiger partial charge in [0.15, 0.2) is 17.3 Å². The lowest BCUT2D eigenvalue weighted by Gasteiger charge is -2.12. The first kappa shape index (κ1) is 20.0. The molecule has 0 saturated carbocycles. The second kappa shape index (κ2) is 8.22. The summed E-state index contributed by atoms with van der Waals surface area (Å²) in [5, 5.41) is 2.32. The second-order valence-electron chi connectivity index (χ2n) is 6.17. The van der Waals surface area contributed by atoms with Crippen LogP contribution in [0, 0.1) is 0 Å². The zero-order valence-electron chi connectivity index (χ0n) is 15.9. The molecule has 0 aliphatic rings. The molecule has 0 aliphatic heterocycles. The molecule has 0 spiro atoms. The number of fused-ring (bicyclic) bond motifs is 1. The van der Waals surface area contributed by atoms with Gasteiger partial charge in [-0.15, -0.1) is 11.3 Å². The van der Waals surface area contributed by atoms with Gasteiger partial charge in [0.1, 0.15) is 10.5 Å². The lowest BCUT2D eigenvalue weighted by atomic mass is 10.1. The van der Waals surface area contributed by atoms with Gasteiger partial charge < -0.3 is 18.6 Å². The fraction of sp³-hybridized carbons (Fsp3) is 0.0909. The van der Waals surface area contributed by atoms with E-state index in [0.717, 1.165) is 0 Å². The Kier molecular flexibility index (Phi) is 5.48. The van der Waals surface area contributed by atoms with E-state index in [-0.39, 0.29) is 16.9 Å². The minimum Gasteiger partial charge on any atom is -0.493 e. The molecule has 0 saturated heterocycles. The topological polar surface area (TPSA) is 75.0 Å². The number of hydrogen-bond donors (Lipinski definition) is 0. The van der Waals surface area contributed by atoms with Crippen LogP contribution >= 0.6 is 22.9 Å². The molecule has 4 rings (SSSR count). The number of methoxy groups -OCH3 is 2. The van der Waals surface area contributed by atoms with Crippen molar-refractivity contribution >= 4 is 39.9 Å². The van der Waals surface area contributed by atoms with Crippen molar-refractivity contribution in [3.8, 4) is 28.6 Å². The van der Waals surface area contributed by atoms with Gasteiger partial charge in [0, 0.05) is 10.6 Å². The molecule has 0 N–H and O–H groups in total. The summed E-state index contributed by atoms with van der Waals surface area (Å²) in [5.41, 5.74) is 0.286. The molecule has 0 radical (unpaired) electrons. The smallest absolute Gasteiger partial charge is 0.353 e. The van der Waals surface area contributed by atoms with Gasteiger partial charge in [0.2, 0.25) is 11.2 Å². The van der Waals surface area contributed by atoms with Crippen molar-refractivity contribution in [1.29, 1.82) is 0 Å². The Morgan fingerprint density at radius 2 is 1.83 bits per heavy atom. The number of thiophene rings is 1. The number of benzene rings is 2. The van der Waals surface area contributed by atoms with E-state index in [4.69, 9.17) is 30.2 Å². The molecule has 152 valence electrons. The van der Waals surface area contributed by atoms with E-state index >= 15 is 0 Å². The highest BCUT2D eigenvalue weighted by Crippen LogP contribution is 2.37. The lowest BCUT2D eigenvalue weighted by molar-refractivity contribution is 0.0736. The average molecular weight is 443 g/mol. The lowest BCUT2D eigenvalue weighted by Crippen LogP contribution is -2.15. The number of esters is 1. The van der Waals surface area contributed by atoms with Crippen LogP contribution in [0.15, 0.2) is 63.1 Å². The molecule has 0 fully saturated rings. The molecule has 30 heavy (non-hydrogen) atoms. The van der Waals surface area contributed by atoms with E-state index in [1.807, 2.05) is 0 Å². The SMILES string of the molecule is COc1ccc(-c2oc3ccc(Cl)cc3c(=O)c2OC(=O)c2cccs2)cc1OC. The molecule has 0 bridgehead atoms. The summed E-state index contributed by atoms with van der Waals surface area (Å²) in [7, 11) is 3.02. The zero-order chi connectivity index (χ0) is 21.3. The molecule has 8 heteroatoms. The highest BCUT2D eigenvalue weighted by atomic mass is 35.5. The molecule has 0 atom stereocenters. The molecular formula is C22H15ClO6S. The van der Waals surface area contributed by atoms with E-state index in [2.05, 4.69) is 0 Å². The normalized spacial score (nSPS) is 10.8. The Morgan fingerprint density at radius 3 is 2.53 bits per heavy atom. The number of hydrogen-bond acceptors (Lipinski definition) is 7. The van der Waals surface area contributed by atoms with Gasteiger partial charge in [-0.1, -0.05) is 17.7 Å². The van der Waals surface area contributed by atoms with Crippen LogP contribution in [-0.4, -0.2) is 20.2 Å². The predicted octanol–water partition coefficient (Wildman–Crippen LogP) is 5.41. The van der Waals surface area contributed by atoms with Crippen molar-refractivity contribution in [2.45, 2.75) is 0 Å². The van der Waals surface area contributed by atoms with Crippen molar-refractivity contribution < 1.29 is 23.4 Å². The van der Waals surface area contributed by atoms with Crippen LogP contribution in [0.25, 0.3) is 22.3 Å². The molecule has 2 heterocycles. The van der Waals surface area contributed by atoms with Crippen molar-refractivity contribution in [1.82, 2.24) is 0 Å². The monoisotopic (exact) mass is 442 g/mol. The largest absolute Gasteiger partial charge is 0.493 e. The van der Waals surface area contributed by atoms with Gasteiger partial charge in [0.25, 0.3) is 0 Å². The van der Waals surface area contributed by atoms with Gasteiger partial charge in [-0.05, 0) is 47.8 Å². The van der Waals surface area contributed by atoms with Crippen LogP contribution in [0.3, 0.4) is 0 Å². The van der Waals surface area contributed by atoms with Gasteiger partial charge in [-0.25, -0.2) is 4.79 Å². The molecule has 0 amide bonds. The maximum absolute atomic E-state index is 13.2. The molecule has 0 unspecified atom stereocenters. The summed E-state index contributed by atoms with van der Waals surface area (Å²) in [4.78, 5) is 26.1. The summed E-state index contributed by atoms with van der Waals surface area (Å²) in [5.74, 6) is 0.161. The maximum atomic E-state index is 13.2. The summed E-state index contributed by atoms with van der Waals surface area (Å²) in [6.07, 6.45) is 0. The number of halogens is 1. The molecule has 4 aromatic rings. The Balaban J connectivity index is 1.94. The van der Waals surface area contributed by atoms with Crippen LogP contribution in [0.5, 0.6) is 17.2 Å². The molecular weight excluding hydrogens is 428 g/mol. The fourth-order valence-electron chi connectivity index (χ4n) is 2.95. The summed E-state index contributed by atoms with van der Waals surface area (Å²) < 4.78 is 22.1. The molecule has 2 aromatic carbocycles. The van der Waals surface area contributed by atoms with Crippen LogP contribution in [0.2, 0.25) is 5.02 Å². The van der Waals surface area contributed by atoms with Crippen LogP contribution in [0.1, 0.15) is 9.67 Å². The first-order chi connectivity index (χ1) is 14.5. The minimum absolute atomic E-state index is 0.0979. The Bertz CT molecular complexity index is 1290. The van der Waals surface area contributed by atoms with Gasteiger partial charge in [-0.3, -0.25) is 4.79 Å². The highest BCUT2D eigenvalue weighted by molar-refractivity contribution is 7.12. The van der Waals surface area contributed by atoms with Crippen molar-refractivity contribution in [3.63, 3.8) is 0 Å². The van der Waals surface area contributed by atoms with Crippen LogP contribution in [-0.2, 0) is 0 Å². The zero-order valence-corrected chi connectivity index (χ0v) is 17.5. The molecule has 6 nitrogen and oxygen atoms in total. The van der Waals surface area contributed by atoms with E-state index in [1.54, 1.807) is 47.8 Å². The van der Waals surface area contributed by atoms with Gasteiger partial charge in [0.05, 0.1) is 19.6 Å². The van der Waals surface area contributed by atoms with Crippen molar-refractivity contribution in [2.24, 2.45) is 0 Å². The number of carbonyl (C=O) groups excluding carboxylic acids is 1. The number of rotatable bonds is 5. The Morgan fingerprint density at radius 1 is 1.03 bits per heavy atom. The van der Waals surface area contributed by atoms with Crippen LogP contribution in [0.4, 0.5) is 0 Å².